The fourth-order valence-corrected chi connectivity index (χ4v) is 3.87. The van der Waals surface area contributed by atoms with E-state index in [4.69, 9.17) is 0 Å². The van der Waals surface area contributed by atoms with Crippen molar-refractivity contribution in [1.29, 1.82) is 0 Å². The normalized spacial score (nSPS) is 20.2. The minimum absolute atomic E-state index is 0.107. The maximum absolute atomic E-state index is 13.7. The van der Waals surface area contributed by atoms with Crippen molar-refractivity contribution in [3.05, 3.63) is 41.7 Å². The summed E-state index contributed by atoms with van der Waals surface area (Å²) in [5.41, 5.74) is 1.53. The summed E-state index contributed by atoms with van der Waals surface area (Å²) in [7, 11) is 0. The molecule has 2 rings (SSSR count). The van der Waals surface area contributed by atoms with Crippen LogP contribution in [0.5, 0.6) is 0 Å². The molecule has 1 nitrogen and oxygen atoms in total. The van der Waals surface area contributed by atoms with E-state index in [1.54, 1.807) is 23.9 Å². The Labute approximate surface area is 132 Å². The molecule has 1 aliphatic rings. The molecule has 1 aliphatic carbocycles. The van der Waals surface area contributed by atoms with E-state index in [-0.39, 0.29) is 5.82 Å². The van der Waals surface area contributed by atoms with E-state index in [2.05, 4.69) is 18.3 Å². The van der Waals surface area contributed by atoms with Crippen LogP contribution in [-0.2, 0) is 0 Å². The molecule has 0 radical (unpaired) electrons. The first kappa shape index (κ1) is 16.6. The van der Waals surface area contributed by atoms with Crippen molar-refractivity contribution in [3.63, 3.8) is 0 Å². The molecule has 0 spiro atoms. The first-order valence-electron chi connectivity index (χ1n) is 8.11. The Morgan fingerprint density at radius 2 is 2.00 bits per heavy atom. The highest BCUT2D eigenvalue weighted by molar-refractivity contribution is 7.99. The van der Waals surface area contributed by atoms with Crippen LogP contribution in [0, 0.1) is 5.82 Å². The molecule has 21 heavy (non-hydrogen) atoms. The van der Waals surface area contributed by atoms with Gasteiger partial charge in [-0.15, -0.1) is 11.8 Å². The molecule has 0 aliphatic heterocycles. The molecule has 1 atom stereocenters. The first-order valence-corrected chi connectivity index (χ1v) is 9.09. The Morgan fingerprint density at radius 3 is 2.81 bits per heavy atom. The Morgan fingerprint density at radius 1 is 1.19 bits per heavy atom. The van der Waals surface area contributed by atoms with Crippen LogP contribution in [0.3, 0.4) is 0 Å². The Bertz CT molecular complexity index is 458. The van der Waals surface area contributed by atoms with Gasteiger partial charge in [-0.1, -0.05) is 43.5 Å². The second kappa shape index (κ2) is 9.26. The van der Waals surface area contributed by atoms with Crippen molar-refractivity contribution in [2.45, 2.75) is 56.4 Å². The third-order valence-electron chi connectivity index (χ3n) is 3.97. The SMILES string of the molecule is CCNC(CSc1ccccc1F)/C1=C/CCCCCC1. The van der Waals surface area contributed by atoms with E-state index in [1.807, 2.05) is 12.1 Å². The van der Waals surface area contributed by atoms with Crippen LogP contribution >= 0.6 is 11.8 Å². The van der Waals surface area contributed by atoms with Gasteiger partial charge in [-0.25, -0.2) is 4.39 Å². The van der Waals surface area contributed by atoms with Crippen LogP contribution in [0.2, 0.25) is 0 Å². The molecule has 0 amide bonds. The molecule has 0 saturated heterocycles. The predicted octanol–water partition coefficient (Wildman–Crippen LogP) is 5.18. The Kier molecular flexibility index (Phi) is 7.31. The zero-order valence-corrected chi connectivity index (χ0v) is 13.7. The lowest BCUT2D eigenvalue weighted by molar-refractivity contribution is 0.565. The van der Waals surface area contributed by atoms with Crippen molar-refractivity contribution in [2.75, 3.05) is 12.3 Å². The number of halogens is 1. The van der Waals surface area contributed by atoms with E-state index < -0.39 is 0 Å². The van der Waals surface area contributed by atoms with E-state index in [0.717, 1.165) is 17.2 Å². The number of thioether (sulfide) groups is 1. The summed E-state index contributed by atoms with van der Waals surface area (Å²) in [4.78, 5) is 0.756. The van der Waals surface area contributed by atoms with Crippen LogP contribution in [0.4, 0.5) is 4.39 Å². The lowest BCUT2D eigenvalue weighted by Gasteiger charge is -2.23. The molecular formula is C18H26FNS. The van der Waals surface area contributed by atoms with E-state index >= 15 is 0 Å². The third-order valence-corrected chi connectivity index (χ3v) is 5.11. The predicted molar refractivity (Wildman–Crippen MR) is 90.4 cm³/mol. The smallest absolute Gasteiger partial charge is 0.136 e. The van der Waals surface area contributed by atoms with Gasteiger partial charge in [0.15, 0.2) is 0 Å². The van der Waals surface area contributed by atoms with Gasteiger partial charge < -0.3 is 5.32 Å². The first-order chi connectivity index (χ1) is 10.3. The molecule has 1 aromatic carbocycles. The van der Waals surface area contributed by atoms with Crippen molar-refractivity contribution >= 4 is 11.8 Å². The van der Waals surface area contributed by atoms with Gasteiger partial charge in [-0.05, 0) is 44.4 Å². The second-order valence-electron chi connectivity index (χ2n) is 5.58. The number of nitrogens with one attached hydrogen (secondary N) is 1. The summed E-state index contributed by atoms with van der Waals surface area (Å²) < 4.78 is 13.7. The highest BCUT2D eigenvalue weighted by Crippen LogP contribution is 2.26. The van der Waals surface area contributed by atoms with Gasteiger partial charge >= 0.3 is 0 Å². The van der Waals surface area contributed by atoms with Gasteiger partial charge in [-0.3, -0.25) is 0 Å². The minimum Gasteiger partial charge on any atom is -0.310 e. The monoisotopic (exact) mass is 307 g/mol. The number of hydrogen-bond acceptors (Lipinski definition) is 2. The van der Waals surface area contributed by atoms with Crippen LogP contribution in [0.15, 0.2) is 40.8 Å². The summed E-state index contributed by atoms with van der Waals surface area (Å²) in [6.07, 6.45) is 10.1. The molecule has 1 N–H and O–H groups in total. The molecule has 0 bridgehead atoms. The molecule has 3 heteroatoms. The summed E-state index contributed by atoms with van der Waals surface area (Å²) in [5, 5.41) is 3.58. The number of likely N-dealkylation sites (N-methyl/N-ethyl adjacent to an activating group) is 1. The van der Waals surface area contributed by atoms with E-state index in [0.29, 0.717) is 6.04 Å². The molecule has 0 saturated carbocycles. The van der Waals surface area contributed by atoms with Gasteiger partial charge in [0.2, 0.25) is 0 Å². The van der Waals surface area contributed by atoms with Crippen molar-refractivity contribution in [2.24, 2.45) is 0 Å². The van der Waals surface area contributed by atoms with Gasteiger partial charge in [0.25, 0.3) is 0 Å². The summed E-state index contributed by atoms with van der Waals surface area (Å²) in [5.74, 6) is 0.796. The summed E-state index contributed by atoms with van der Waals surface area (Å²) >= 11 is 1.62. The highest BCUT2D eigenvalue weighted by Gasteiger charge is 2.15. The fraction of sp³-hybridized carbons (Fsp3) is 0.556. The van der Waals surface area contributed by atoms with Gasteiger partial charge in [-0.2, -0.15) is 0 Å². The largest absolute Gasteiger partial charge is 0.310 e. The summed E-state index contributed by atoms with van der Waals surface area (Å²) in [6, 6.07) is 7.44. The van der Waals surface area contributed by atoms with Crippen LogP contribution in [0.1, 0.15) is 45.4 Å². The fourth-order valence-electron chi connectivity index (χ4n) is 2.81. The van der Waals surface area contributed by atoms with E-state index in [1.165, 1.54) is 44.1 Å². The lowest BCUT2D eigenvalue weighted by Crippen LogP contribution is -2.33. The average molecular weight is 307 g/mol. The average Bonchev–Trinajstić information content (AvgIpc) is 2.45. The van der Waals surface area contributed by atoms with Crippen LogP contribution < -0.4 is 5.32 Å². The Balaban J connectivity index is 1.99. The van der Waals surface area contributed by atoms with Crippen LogP contribution in [0.25, 0.3) is 0 Å². The van der Waals surface area contributed by atoms with E-state index in [9.17, 15) is 4.39 Å². The molecule has 0 heterocycles. The quantitative estimate of drug-likeness (QED) is 0.574. The van der Waals surface area contributed by atoms with Crippen molar-refractivity contribution < 1.29 is 4.39 Å². The molecule has 0 fully saturated rings. The number of benzene rings is 1. The number of hydrogen-bond donors (Lipinski definition) is 1. The maximum Gasteiger partial charge on any atom is 0.136 e. The molecule has 0 aromatic heterocycles. The van der Waals surface area contributed by atoms with Crippen molar-refractivity contribution in [1.82, 2.24) is 5.32 Å². The number of allylic oxidation sites excluding steroid dienone is 1. The zero-order valence-electron chi connectivity index (χ0n) is 12.9. The number of rotatable bonds is 6. The summed E-state index contributed by atoms with van der Waals surface area (Å²) in [6.45, 7) is 3.10. The van der Waals surface area contributed by atoms with Crippen LogP contribution in [-0.4, -0.2) is 18.3 Å². The zero-order chi connectivity index (χ0) is 14.9. The Hall–Kier alpha value is -0.800. The minimum atomic E-state index is -0.107. The van der Waals surface area contributed by atoms with Gasteiger partial charge in [0, 0.05) is 16.7 Å². The second-order valence-corrected chi connectivity index (χ2v) is 6.65. The standard InChI is InChI=1S/C18H26FNS/c1-2-20-17(15-10-6-4-3-5-7-11-15)14-21-18-13-9-8-12-16(18)19/h8-10,12-13,17,20H,2-7,11,14H2,1H3/b15-10+. The molecule has 116 valence electrons. The van der Waals surface area contributed by atoms with Gasteiger partial charge in [0.05, 0.1) is 0 Å². The maximum atomic E-state index is 13.7. The molecule has 1 aromatic rings. The highest BCUT2D eigenvalue weighted by atomic mass is 32.2. The lowest BCUT2D eigenvalue weighted by atomic mass is 9.95. The van der Waals surface area contributed by atoms with Crippen molar-refractivity contribution in [3.8, 4) is 0 Å². The van der Waals surface area contributed by atoms with Gasteiger partial charge in [0.1, 0.15) is 5.82 Å². The molecular weight excluding hydrogens is 281 g/mol. The molecule has 1 unspecified atom stereocenters. The topological polar surface area (TPSA) is 12.0 Å². The third kappa shape index (κ3) is 5.48.